The fraction of sp³-hybridized carbons (Fsp3) is 0.952. The first kappa shape index (κ1) is 16.1. The zero-order chi connectivity index (χ0) is 16.5. The first-order valence-corrected chi connectivity index (χ1v) is 10.1. The Morgan fingerprint density at radius 2 is 1.83 bits per heavy atom. The highest BCUT2D eigenvalue weighted by Gasteiger charge is 2.61. The summed E-state index contributed by atoms with van der Waals surface area (Å²) in [5.74, 6) is 3.51. The molecular weight excluding hydrogens is 284 g/mol. The molecule has 0 aliphatic heterocycles. The molecule has 2 heteroatoms. The lowest BCUT2D eigenvalue weighted by atomic mass is 9.43. The van der Waals surface area contributed by atoms with Gasteiger partial charge in [-0.3, -0.25) is 4.79 Å². The van der Waals surface area contributed by atoms with E-state index in [1.54, 1.807) is 0 Å². The number of carbonyl (C=O) groups excluding carboxylic acids is 1. The summed E-state index contributed by atoms with van der Waals surface area (Å²) >= 11 is 0. The zero-order valence-electron chi connectivity index (χ0n) is 15.2. The van der Waals surface area contributed by atoms with E-state index in [2.05, 4.69) is 13.8 Å². The van der Waals surface area contributed by atoms with Crippen LogP contribution in [0, 0.1) is 34.5 Å². The minimum atomic E-state index is -0.442. The van der Waals surface area contributed by atoms with E-state index >= 15 is 0 Å². The second-order valence-electron chi connectivity index (χ2n) is 9.86. The van der Waals surface area contributed by atoms with Crippen LogP contribution >= 0.6 is 0 Å². The summed E-state index contributed by atoms with van der Waals surface area (Å²) in [6.07, 6.45) is 11.4. The lowest BCUT2D eigenvalue weighted by Crippen LogP contribution is -2.56. The summed E-state index contributed by atoms with van der Waals surface area (Å²) in [6.45, 7) is 6.72. The maximum atomic E-state index is 12.5. The molecule has 1 N–H and O–H groups in total. The molecule has 4 saturated carbocycles. The molecule has 0 amide bonds. The largest absolute Gasteiger partial charge is 0.390 e. The lowest BCUT2D eigenvalue weighted by molar-refractivity contribution is -0.157. The summed E-state index contributed by atoms with van der Waals surface area (Å²) in [7, 11) is 0. The van der Waals surface area contributed by atoms with Crippen LogP contribution in [0.3, 0.4) is 0 Å². The number of hydrogen-bond acceptors (Lipinski definition) is 2. The van der Waals surface area contributed by atoms with Gasteiger partial charge in [-0.05, 0) is 93.8 Å². The van der Waals surface area contributed by atoms with Crippen molar-refractivity contribution in [1.29, 1.82) is 0 Å². The number of Topliss-reactive ketones (excluding diaryl/α,β-unsaturated/α-hetero) is 1. The van der Waals surface area contributed by atoms with Gasteiger partial charge >= 0.3 is 0 Å². The molecule has 0 saturated heterocycles. The van der Waals surface area contributed by atoms with E-state index in [0.717, 1.165) is 43.9 Å². The molecule has 0 bridgehead atoms. The maximum absolute atomic E-state index is 12.5. The van der Waals surface area contributed by atoms with E-state index in [1.807, 2.05) is 6.92 Å². The second-order valence-corrected chi connectivity index (χ2v) is 9.86. The Hall–Kier alpha value is -0.370. The molecule has 0 spiro atoms. The van der Waals surface area contributed by atoms with Crippen molar-refractivity contribution in [2.24, 2.45) is 34.5 Å². The molecule has 0 heterocycles. The highest BCUT2D eigenvalue weighted by molar-refractivity contribution is 5.87. The fourth-order valence-corrected chi connectivity index (χ4v) is 7.72. The van der Waals surface area contributed by atoms with Crippen molar-refractivity contribution in [2.75, 3.05) is 0 Å². The number of ketones is 1. The van der Waals surface area contributed by atoms with Crippen LogP contribution in [0.25, 0.3) is 0 Å². The SMILES string of the molecule is CC[C@]12CC[C@@](C)(O)C[C@H]1CC[C@@H]1[C@@H]2CC[C@]2(C)C(=O)CC[C@@H]12. The van der Waals surface area contributed by atoms with E-state index in [1.165, 1.54) is 32.1 Å². The summed E-state index contributed by atoms with van der Waals surface area (Å²) in [6, 6.07) is 0. The third kappa shape index (κ3) is 2.12. The number of hydrogen-bond donors (Lipinski definition) is 1. The van der Waals surface area contributed by atoms with Gasteiger partial charge in [-0.2, -0.15) is 0 Å². The first-order chi connectivity index (χ1) is 10.8. The predicted octanol–water partition coefficient (Wildman–Crippen LogP) is 4.74. The van der Waals surface area contributed by atoms with Crippen LogP contribution in [0.2, 0.25) is 0 Å². The Morgan fingerprint density at radius 3 is 2.57 bits per heavy atom. The molecule has 0 aromatic heterocycles. The Bertz CT molecular complexity index is 510. The van der Waals surface area contributed by atoms with Crippen molar-refractivity contribution in [3.8, 4) is 0 Å². The van der Waals surface area contributed by atoms with Crippen LogP contribution in [-0.4, -0.2) is 16.5 Å². The number of rotatable bonds is 1. The topological polar surface area (TPSA) is 37.3 Å². The molecule has 0 unspecified atom stereocenters. The Balaban J connectivity index is 1.66. The van der Waals surface area contributed by atoms with E-state index in [9.17, 15) is 9.90 Å². The van der Waals surface area contributed by atoms with Gasteiger partial charge in [-0.25, -0.2) is 0 Å². The van der Waals surface area contributed by atoms with Crippen molar-refractivity contribution in [3.05, 3.63) is 0 Å². The molecule has 4 rings (SSSR count). The Morgan fingerprint density at radius 1 is 1.04 bits per heavy atom. The van der Waals surface area contributed by atoms with E-state index in [0.29, 0.717) is 23.0 Å². The summed E-state index contributed by atoms with van der Waals surface area (Å²) in [5.41, 5.74) is 0.0178. The molecule has 130 valence electrons. The monoisotopic (exact) mass is 318 g/mol. The van der Waals surface area contributed by atoms with Crippen molar-refractivity contribution in [3.63, 3.8) is 0 Å². The molecule has 0 radical (unpaired) electrons. The predicted molar refractivity (Wildman–Crippen MR) is 92.0 cm³/mol. The van der Waals surface area contributed by atoms with Crippen LogP contribution in [0.1, 0.15) is 85.0 Å². The van der Waals surface area contributed by atoms with Crippen LogP contribution in [0.5, 0.6) is 0 Å². The second kappa shape index (κ2) is 5.07. The summed E-state index contributed by atoms with van der Waals surface area (Å²) in [4.78, 5) is 12.5. The third-order valence-electron chi connectivity index (χ3n) is 9.02. The van der Waals surface area contributed by atoms with E-state index in [-0.39, 0.29) is 5.41 Å². The van der Waals surface area contributed by atoms with Crippen LogP contribution in [-0.2, 0) is 4.79 Å². The summed E-state index contributed by atoms with van der Waals surface area (Å²) < 4.78 is 0. The normalized spacial score (nSPS) is 55.9. The van der Waals surface area contributed by atoms with Gasteiger partial charge in [-0.1, -0.05) is 13.8 Å². The third-order valence-corrected chi connectivity index (χ3v) is 9.02. The number of carbonyl (C=O) groups is 1. The van der Waals surface area contributed by atoms with Gasteiger partial charge in [-0.15, -0.1) is 0 Å². The highest BCUT2D eigenvalue weighted by Crippen LogP contribution is 2.67. The van der Waals surface area contributed by atoms with Crippen molar-refractivity contribution >= 4 is 5.78 Å². The van der Waals surface area contributed by atoms with Gasteiger partial charge in [0, 0.05) is 11.8 Å². The van der Waals surface area contributed by atoms with Gasteiger partial charge in [0.25, 0.3) is 0 Å². The van der Waals surface area contributed by atoms with Crippen LogP contribution in [0.4, 0.5) is 0 Å². The standard InChI is InChI=1S/C21H34O2/c1-4-21-12-11-19(2,23)13-14(21)5-6-15-16-7-8-18(22)20(16,3)10-9-17(15)21/h14-17,23H,4-13H2,1-3H3/t14-,15+,16+,17+,19-,20+,21+/m1/s1. The fourth-order valence-electron chi connectivity index (χ4n) is 7.72. The molecule has 2 nitrogen and oxygen atoms in total. The van der Waals surface area contributed by atoms with Gasteiger partial charge in [0.1, 0.15) is 5.78 Å². The number of aliphatic hydroxyl groups is 1. The average Bonchev–Trinajstić information content (AvgIpc) is 2.82. The molecule has 4 aliphatic carbocycles. The van der Waals surface area contributed by atoms with Gasteiger partial charge < -0.3 is 5.11 Å². The molecule has 7 atom stereocenters. The average molecular weight is 319 g/mol. The lowest BCUT2D eigenvalue weighted by Gasteiger charge is -2.62. The van der Waals surface area contributed by atoms with Crippen molar-refractivity contribution < 1.29 is 9.90 Å². The molecular formula is C21H34O2. The van der Waals surface area contributed by atoms with Gasteiger partial charge in [0.2, 0.25) is 0 Å². The van der Waals surface area contributed by atoms with E-state index in [4.69, 9.17) is 0 Å². The van der Waals surface area contributed by atoms with Crippen LogP contribution in [0.15, 0.2) is 0 Å². The molecule has 4 aliphatic rings. The smallest absolute Gasteiger partial charge is 0.139 e. The molecule has 0 aromatic carbocycles. The van der Waals surface area contributed by atoms with Crippen LogP contribution < -0.4 is 0 Å². The summed E-state index contributed by atoms with van der Waals surface area (Å²) in [5, 5.41) is 10.6. The van der Waals surface area contributed by atoms with Gasteiger partial charge in [0.05, 0.1) is 5.60 Å². The highest BCUT2D eigenvalue weighted by atomic mass is 16.3. The minimum absolute atomic E-state index is 0.00307. The first-order valence-electron chi connectivity index (χ1n) is 10.1. The Kier molecular flexibility index (Phi) is 3.55. The quantitative estimate of drug-likeness (QED) is 0.758. The molecule has 0 aromatic rings. The maximum Gasteiger partial charge on any atom is 0.139 e. The van der Waals surface area contributed by atoms with Gasteiger partial charge in [0.15, 0.2) is 0 Å². The molecule has 4 fully saturated rings. The minimum Gasteiger partial charge on any atom is -0.390 e. The van der Waals surface area contributed by atoms with E-state index < -0.39 is 5.60 Å². The van der Waals surface area contributed by atoms with Crippen molar-refractivity contribution in [2.45, 2.75) is 90.6 Å². The zero-order valence-corrected chi connectivity index (χ0v) is 15.2. The Labute approximate surface area is 141 Å². The number of fused-ring (bicyclic) bond motifs is 5. The molecule has 23 heavy (non-hydrogen) atoms. The van der Waals surface area contributed by atoms with Crippen molar-refractivity contribution in [1.82, 2.24) is 0 Å².